The third-order valence-corrected chi connectivity index (χ3v) is 2.40. The van der Waals surface area contributed by atoms with Gasteiger partial charge in [-0.3, -0.25) is 9.59 Å². The maximum atomic E-state index is 11.5. The van der Waals surface area contributed by atoms with Gasteiger partial charge in [-0.1, -0.05) is 0 Å². The van der Waals surface area contributed by atoms with Crippen molar-refractivity contribution < 1.29 is 9.59 Å². The molecule has 1 rings (SSSR count). The Kier molecular flexibility index (Phi) is 3.28. The van der Waals surface area contributed by atoms with Crippen molar-refractivity contribution in [2.24, 2.45) is 0 Å². The number of likely N-dealkylation sites (N-methyl/N-ethyl adjacent to an activating group) is 1. The molecule has 1 saturated heterocycles. The first kappa shape index (κ1) is 10.0. The second kappa shape index (κ2) is 4.25. The van der Waals surface area contributed by atoms with Crippen molar-refractivity contribution >= 4 is 11.8 Å². The van der Waals surface area contributed by atoms with Crippen LogP contribution in [0.1, 0.15) is 19.8 Å². The zero-order valence-electron chi connectivity index (χ0n) is 8.25. The molecule has 0 aromatic heterocycles. The van der Waals surface area contributed by atoms with Gasteiger partial charge in [0.2, 0.25) is 0 Å². The van der Waals surface area contributed by atoms with Gasteiger partial charge in [0.15, 0.2) is 0 Å². The molecule has 1 aliphatic rings. The van der Waals surface area contributed by atoms with Gasteiger partial charge >= 0.3 is 11.8 Å². The molecule has 13 heavy (non-hydrogen) atoms. The highest BCUT2D eigenvalue weighted by Gasteiger charge is 2.26. The van der Waals surface area contributed by atoms with Gasteiger partial charge in [-0.15, -0.1) is 0 Å². The van der Waals surface area contributed by atoms with Crippen LogP contribution in [0.5, 0.6) is 0 Å². The van der Waals surface area contributed by atoms with E-state index in [1.807, 2.05) is 6.92 Å². The van der Waals surface area contributed by atoms with E-state index in [1.165, 1.54) is 4.90 Å². The predicted octanol–water partition coefficient (Wildman–Crippen LogP) is 0.0871. The van der Waals surface area contributed by atoms with Gasteiger partial charge in [0.05, 0.1) is 0 Å². The summed E-state index contributed by atoms with van der Waals surface area (Å²) in [6.07, 6.45) is 2.05. The molecule has 0 N–H and O–H groups in total. The highest BCUT2D eigenvalue weighted by atomic mass is 16.2. The Balaban J connectivity index is 2.51. The molecule has 0 bridgehead atoms. The number of hydrogen-bond donors (Lipinski definition) is 0. The van der Waals surface area contributed by atoms with Gasteiger partial charge < -0.3 is 9.80 Å². The predicted molar refractivity (Wildman–Crippen MR) is 49.1 cm³/mol. The molecule has 0 aromatic carbocycles. The van der Waals surface area contributed by atoms with Crippen LogP contribution in [-0.4, -0.2) is 48.3 Å². The van der Waals surface area contributed by atoms with Gasteiger partial charge in [-0.25, -0.2) is 0 Å². The molecule has 0 radical (unpaired) electrons. The van der Waals surface area contributed by atoms with Gasteiger partial charge in [0.1, 0.15) is 0 Å². The quantitative estimate of drug-likeness (QED) is 0.542. The fourth-order valence-corrected chi connectivity index (χ4v) is 1.36. The van der Waals surface area contributed by atoms with Crippen LogP contribution in [0.4, 0.5) is 0 Å². The molecule has 4 heteroatoms. The summed E-state index contributed by atoms with van der Waals surface area (Å²) in [6.45, 7) is 3.91. The first-order chi connectivity index (χ1) is 6.16. The molecule has 0 aliphatic carbocycles. The average molecular weight is 184 g/mol. The minimum absolute atomic E-state index is 0.346. The smallest absolute Gasteiger partial charge is 0.312 e. The van der Waals surface area contributed by atoms with Crippen LogP contribution in [0.3, 0.4) is 0 Å². The Labute approximate surface area is 78.5 Å². The van der Waals surface area contributed by atoms with Crippen LogP contribution in [0.15, 0.2) is 0 Å². The third kappa shape index (κ3) is 2.20. The number of carbonyl (C=O) groups is 2. The van der Waals surface area contributed by atoms with Crippen molar-refractivity contribution in [3.8, 4) is 0 Å². The van der Waals surface area contributed by atoms with Crippen molar-refractivity contribution in [2.45, 2.75) is 19.8 Å². The molecule has 0 atom stereocenters. The molecule has 0 aromatic rings. The van der Waals surface area contributed by atoms with E-state index < -0.39 is 0 Å². The number of amides is 2. The molecule has 0 saturated carbocycles. The zero-order chi connectivity index (χ0) is 9.84. The van der Waals surface area contributed by atoms with Crippen LogP contribution >= 0.6 is 0 Å². The molecular formula is C9H16N2O2. The molecule has 0 spiro atoms. The molecule has 1 fully saturated rings. The van der Waals surface area contributed by atoms with Crippen LogP contribution in [0.2, 0.25) is 0 Å². The fraction of sp³-hybridized carbons (Fsp3) is 0.778. The summed E-state index contributed by atoms with van der Waals surface area (Å²) in [5.41, 5.74) is 0. The lowest BCUT2D eigenvalue weighted by Crippen LogP contribution is -2.42. The van der Waals surface area contributed by atoms with E-state index in [4.69, 9.17) is 0 Å². The summed E-state index contributed by atoms with van der Waals surface area (Å²) in [5.74, 6) is -0.730. The van der Waals surface area contributed by atoms with E-state index in [1.54, 1.807) is 11.9 Å². The van der Waals surface area contributed by atoms with Crippen LogP contribution in [-0.2, 0) is 9.59 Å². The summed E-state index contributed by atoms with van der Waals surface area (Å²) in [6, 6.07) is 0. The fourth-order valence-electron chi connectivity index (χ4n) is 1.36. The summed E-state index contributed by atoms with van der Waals surface area (Å²) in [5, 5.41) is 0. The summed E-state index contributed by atoms with van der Waals surface area (Å²) < 4.78 is 0. The molecule has 2 amide bonds. The molecule has 1 heterocycles. The molecule has 0 unspecified atom stereocenters. The van der Waals surface area contributed by atoms with E-state index in [0.717, 1.165) is 25.9 Å². The molecule has 4 nitrogen and oxygen atoms in total. The second-order valence-corrected chi connectivity index (χ2v) is 3.32. The standard InChI is InChI=1S/C9H16N2O2/c1-3-10(2)8(12)9(13)11-6-4-5-7-11/h3-7H2,1-2H3. The number of nitrogens with zero attached hydrogens (tertiary/aromatic N) is 2. The second-order valence-electron chi connectivity index (χ2n) is 3.32. The Bertz CT molecular complexity index is 210. The molecule has 1 aliphatic heterocycles. The van der Waals surface area contributed by atoms with Gasteiger partial charge in [0, 0.05) is 26.7 Å². The summed E-state index contributed by atoms with van der Waals surface area (Å²) in [7, 11) is 1.65. The zero-order valence-corrected chi connectivity index (χ0v) is 8.25. The lowest BCUT2D eigenvalue weighted by atomic mass is 10.4. The lowest BCUT2D eigenvalue weighted by molar-refractivity contribution is -0.150. The first-order valence-corrected chi connectivity index (χ1v) is 4.71. The van der Waals surface area contributed by atoms with Gasteiger partial charge in [-0.05, 0) is 19.8 Å². The maximum Gasteiger partial charge on any atom is 0.312 e. The number of carbonyl (C=O) groups excluding carboxylic acids is 2. The normalized spacial score (nSPS) is 16.0. The highest BCUT2D eigenvalue weighted by Crippen LogP contribution is 2.08. The maximum absolute atomic E-state index is 11.5. The summed E-state index contributed by atoms with van der Waals surface area (Å²) in [4.78, 5) is 26.0. The largest absolute Gasteiger partial charge is 0.338 e. The van der Waals surface area contributed by atoms with E-state index in [-0.39, 0.29) is 11.8 Å². The lowest BCUT2D eigenvalue weighted by Gasteiger charge is -2.19. The monoisotopic (exact) mass is 184 g/mol. The number of rotatable bonds is 1. The Morgan fingerprint density at radius 1 is 1.31 bits per heavy atom. The minimum atomic E-state index is -0.385. The SMILES string of the molecule is CCN(C)C(=O)C(=O)N1CCCC1. The average Bonchev–Trinajstić information content (AvgIpc) is 2.67. The van der Waals surface area contributed by atoms with Crippen molar-refractivity contribution in [2.75, 3.05) is 26.7 Å². The number of likely N-dealkylation sites (tertiary alicyclic amines) is 1. The van der Waals surface area contributed by atoms with E-state index >= 15 is 0 Å². The third-order valence-electron chi connectivity index (χ3n) is 2.40. The first-order valence-electron chi connectivity index (χ1n) is 4.71. The Hall–Kier alpha value is -1.06. The van der Waals surface area contributed by atoms with Crippen LogP contribution < -0.4 is 0 Å². The van der Waals surface area contributed by atoms with Crippen molar-refractivity contribution in [1.29, 1.82) is 0 Å². The minimum Gasteiger partial charge on any atom is -0.338 e. The van der Waals surface area contributed by atoms with Gasteiger partial charge in [0.25, 0.3) is 0 Å². The van der Waals surface area contributed by atoms with Crippen LogP contribution in [0, 0.1) is 0 Å². The van der Waals surface area contributed by atoms with Crippen molar-refractivity contribution in [3.05, 3.63) is 0 Å². The van der Waals surface area contributed by atoms with Crippen molar-refractivity contribution in [3.63, 3.8) is 0 Å². The van der Waals surface area contributed by atoms with E-state index in [9.17, 15) is 9.59 Å². The topological polar surface area (TPSA) is 40.6 Å². The number of hydrogen-bond acceptors (Lipinski definition) is 2. The molecular weight excluding hydrogens is 168 g/mol. The van der Waals surface area contributed by atoms with Crippen molar-refractivity contribution in [1.82, 2.24) is 9.80 Å². The van der Waals surface area contributed by atoms with Crippen LogP contribution in [0.25, 0.3) is 0 Å². The van der Waals surface area contributed by atoms with E-state index in [0.29, 0.717) is 6.54 Å². The molecule has 74 valence electrons. The Morgan fingerprint density at radius 2 is 1.85 bits per heavy atom. The van der Waals surface area contributed by atoms with E-state index in [2.05, 4.69) is 0 Å². The highest BCUT2D eigenvalue weighted by molar-refractivity contribution is 6.34. The summed E-state index contributed by atoms with van der Waals surface area (Å²) >= 11 is 0. The van der Waals surface area contributed by atoms with Gasteiger partial charge in [-0.2, -0.15) is 0 Å². The Morgan fingerprint density at radius 3 is 2.31 bits per heavy atom.